The van der Waals surface area contributed by atoms with Gasteiger partial charge >= 0.3 is 0 Å². The predicted octanol–water partition coefficient (Wildman–Crippen LogP) is 0.125. The molecule has 0 aromatic rings. The van der Waals surface area contributed by atoms with Gasteiger partial charge in [-0.2, -0.15) is 0 Å². The summed E-state index contributed by atoms with van der Waals surface area (Å²) in [5, 5.41) is 8.35. The SMILES string of the molecule is CN(CCO)C(=S)S. The lowest BCUT2D eigenvalue weighted by molar-refractivity contribution is 0.266. The van der Waals surface area contributed by atoms with Crippen molar-refractivity contribution in [1.29, 1.82) is 0 Å². The van der Waals surface area contributed by atoms with Crippen molar-refractivity contribution in [2.45, 2.75) is 0 Å². The molecule has 0 aromatic heterocycles. The first-order valence-electron chi connectivity index (χ1n) is 2.23. The third-order valence-corrected chi connectivity index (χ3v) is 1.42. The lowest BCUT2D eigenvalue weighted by Crippen LogP contribution is -2.23. The zero-order valence-electron chi connectivity index (χ0n) is 4.66. The summed E-state index contributed by atoms with van der Waals surface area (Å²) in [6.45, 7) is 0.680. The molecule has 0 amide bonds. The van der Waals surface area contributed by atoms with E-state index in [-0.39, 0.29) is 6.61 Å². The van der Waals surface area contributed by atoms with Crippen molar-refractivity contribution in [3.8, 4) is 0 Å². The van der Waals surface area contributed by atoms with Gasteiger partial charge in [0.05, 0.1) is 6.61 Å². The molecule has 0 aliphatic rings. The molecule has 0 unspecified atom stereocenters. The quantitative estimate of drug-likeness (QED) is 0.433. The Kier molecular flexibility index (Phi) is 4.22. The van der Waals surface area contributed by atoms with E-state index in [1.165, 1.54) is 0 Å². The average Bonchev–Trinajstić information content (AvgIpc) is 1.67. The van der Waals surface area contributed by atoms with Gasteiger partial charge in [-0.05, 0) is 0 Å². The van der Waals surface area contributed by atoms with Gasteiger partial charge in [-0.15, -0.1) is 12.6 Å². The highest BCUT2D eigenvalue weighted by Gasteiger charge is 1.94. The molecule has 0 spiro atoms. The smallest absolute Gasteiger partial charge is 0.133 e. The summed E-state index contributed by atoms with van der Waals surface area (Å²) in [6.07, 6.45) is 0. The van der Waals surface area contributed by atoms with Crippen LogP contribution in [0, 0.1) is 0 Å². The third-order valence-electron chi connectivity index (χ3n) is 0.762. The van der Waals surface area contributed by atoms with Crippen molar-refractivity contribution < 1.29 is 5.11 Å². The lowest BCUT2D eigenvalue weighted by Gasteiger charge is -2.13. The molecule has 0 bridgehead atoms. The normalized spacial score (nSPS) is 8.88. The second-order valence-corrected chi connectivity index (χ2v) is 2.54. The molecule has 0 aliphatic heterocycles. The molecule has 0 saturated carbocycles. The first-order chi connectivity index (χ1) is 3.68. The number of thiocarbonyl (C=S) groups is 1. The number of aliphatic hydroxyl groups excluding tert-OH is 1. The Morgan fingerprint density at radius 1 is 1.88 bits per heavy atom. The maximum atomic E-state index is 8.35. The Bertz CT molecular complexity index is 86.1. The number of hydrogen-bond donors (Lipinski definition) is 2. The fourth-order valence-corrected chi connectivity index (χ4v) is 0.437. The van der Waals surface area contributed by atoms with Crippen LogP contribution in [-0.2, 0) is 0 Å². The molecule has 0 aliphatic carbocycles. The molecule has 4 heteroatoms. The minimum absolute atomic E-state index is 0.122. The molecule has 48 valence electrons. The number of rotatable bonds is 2. The summed E-state index contributed by atoms with van der Waals surface area (Å²) >= 11 is 8.54. The second kappa shape index (κ2) is 4.12. The van der Waals surface area contributed by atoms with E-state index < -0.39 is 0 Å². The van der Waals surface area contributed by atoms with Crippen molar-refractivity contribution in [2.24, 2.45) is 0 Å². The van der Waals surface area contributed by atoms with Crippen LogP contribution in [0.3, 0.4) is 0 Å². The van der Waals surface area contributed by atoms with Gasteiger partial charge in [0.25, 0.3) is 0 Å². The summed E-state index contributed by atoms with van der Waals surface area (Å²) in [4.78, 5) is 1.69. The highest BCUT2D eigenvalue weighted by atomic mass is 32.1. The van der Waals surface area contributed by atoms with E-state index in [1.54, 1.807) is 11.9 Å². The molecule has 8 heavy (non-hydrogen) atoms. The molecule has 0 atom stereocenters. The first kappa shape index (κ1) is 8.20. The summed E-state index contributed by atoms with van der Waals surface area (Å²) in [5.74, 6) is 0. The van der Waals surface area contributed by atoms with Crippen LogP contribution in [0.2, 0.25) is 0 Å². The van der Waals surface area contributed by atoms with Gasteiger partial charge in [0.1, 0.15) is 4.32 Å². The van der Waals surface area contributed by atoms with E-state index in [1.807, 2.05) is 0 Å². The summed E-state index contributed by atoms with van der Waals surface area (Å²) < 4.78 is 0.513. The topological polar surface area (TPSA) is 23.5 Å². The van der Waals surface area contributed by atoms with Gasteiger partial charge in [0.15, 0.2) is 0 Å². The minimum Gasteiger partial charge on any atom is -0.395 e. The number of thiol groups is 1. The fourth-order valence-electron chi connectivity index (χ4n) is 0.246. The van der Waals surface area contributed by atoms with Crippen molar-refractivity contribution >= 4 is 29.2 Å². The molecule has 0 fully saturated rings. The van der Waals surface area contributed by atoms with Gasteiger partial charge in [0, 0.05) is 13.6 Å². The van der Waals surface area contributed by atoms with Crippen molar-refractivity contribution in [3.63, 3.8) is 0 Å². The Morgan fingerprint density at radius 2 is 2.38 bits per heavy atom. The van der Waals surface area contributed by atoms with Crippen LogP contribution < -0.4 is 0 Å². The largest absolute Gasteiger partial charge is 0.395 e. The van der Waals surface area contributed by atoms with Crippen LogP contribution in [0.15, 0.2) is 0 Å². The molecule has 0 heterocycles. The van der Waals surface area contributed by atoms with Crippen LogP contribution in [0.5, 0.6) is 0 Å². The Hall–Kier alpha value is 0.200. The van der Waals surface area contributed by atoms with Gasteiger partial charge in [-0.3, -0.25) is 0 Å². The first-order valence-corrected chi connectivity index (χ1v) is 3.09. The van der Waals surface area contributed by atoms with Crippen molar-refractivity contribution in [2.75, 3.05) is 20.2 Å². The van der Waals surface area contributed by atoms with E-state index in [2.05, 4.69) is 24.8 Å². The van der Waals surface area contributed by atoms with Crippen LogP contribution in [0.4, 0.5) is 0 Å². The van der Waals surface area contributed by atoms with Crippen LogP contribution in [0.1, 0.15) is 0 Å². The van der Waals surface area contributed by atoms with E-state index in [0.717, 1.165) is 0 Å². The second-order valence-electron chi connectivity index (χ2n) is 1.43. The lowest BCUT2D eigenvalue weighted by atomic mass is 10.6. The predicted molar refractivity (Wildman–Crippen MR) is 41.3 cm³/mol. The number of likely N-dealkylation sites (N-methyl/N-ethyl adjacent to an activating group) is 1. The van der Waals surface area contributed by atoms with Gasteiger partial charge in [-0.1, -0.05) is 12.2 Å². The molecule has 1 N–H and O–H groups in total. The molecule has 0 rings (SSSR count). The number of aliphatic hydroxyl groups is 1. The molecule has 0 radical (unpaired) electrons. The highest BCUT2D eigenvalue weighted by Crippen LogP contribution is 1.89. The highest BCUT2D eigenvalue weighted by molar-refractivity contribution is 8.10. The van der Waals surface area contributed by atoms with Crippen LogP contribution >= 0.6 is 24.8 Å². The van der Waals surface area contributed by atoms with Crippen LogP contribution in [0.25, 0.3) is 0 Å². The third kappa shape index (κ3) is 3.23. The van der Waals surface area contributed by atoms with Gasteiger partial charge in [-0.25, -0.2) is 0 Å². The van der Waals surface area contributed by atoms with Crippen molar-refractivity contribution in [1.82, 2.24) is 4.90 Å². The van der Waals surface area contributed by atoms with Crippen LogP contribution in [-0.4, -0.2) is 34.5 Å². The Labute approximate surface area is 59.9 Å². The minimum atomic E-state index is 0.122. The zero-order valence-corrected chi connectivity index (χ0v) is 6.38. The molecular formula is C4H9NOS2. The average molecular weight is 151 g/mol. The maximum absolute atomic E-state index is 8.35. The van der Waals surface area contributed by atoms with Gasteiger partial charge in [0.2, 0.25) is 0 Å². The molecule has 0 aromatic carbocycles. The molecular weight excluding hydrogens is 142 g/mol. The van der Waals surface area contributed by atoms with Crippen molar-refractivity contribution in [3.05, 3.63) is 0 Å². The Balaban J connectivity index is 3.32. The Morgan fingerprint density at radius 3 is 2.50 bits per heavy atom. The van der Waals surface area contributed by atoms with E-state index in [0.29, 0.717) is 10.9 Å². The summed E-state index contributed by atoms with van der Waals surface area (Å²) in [6, 6.07) is 0. The standard InChI is InChI=1S/C4H9NOS2/c1-5(2-3-6)4(7)8/h6H,2-3H2,1H3,(H,7,8). The molecule has 0 saturated heterocycles. The summed E-state index contributed by atoms with van der Waals surface area (Å²) in [7, 11) is 1.78. The van der Waals surface area contributed by atoms with E-state index >= 15 is 0 Å². The fraction of sp³-hybridized carbons (Fsp3) is 0.750. The monoisotopic (exact) mass is 151 g/mol. The van der Waals surface area contributed by atoms with Gasteiger partial charge < -0.3 is 10.0 Å². The zero-order chi connectivity index (χ0) is 6.57. The number of nitrogens with zero attached hydrogens (tertiary/aromatic N) is 1. The number of hydrogen-bond acceptors (Lipinski definition) is 2. The molecule has 2 nitrogen and oxygen atoms in total. The summed E-state index contributed by atoms with van der Waals surface area (Å²) in [5.41, 5.74) is 0. The van der Waals surface area contributed by atoms with E-state index in [4.69, 9.17) is 5.11 Å². The van der Waals surface area contributed by atoms with E-state index in [9.17, 15) is 0 Å². The maximum Gasteiger partial charge on any atom is 0.133 e.